The number of rotatable bonds is 6. The number of hydrogen-bond donors (Lipinski definition) is 2. The van der Waals surface area contributed by atoms with Gasteiger partial charge in [-0.2, -0.15) is 0 Å². The fourth-order valence-electron chi connectivity index (χ4n) is 1.70. The minimum atomic E-state index is 0.557. The minimum Gasteiger partial charge on any atom is -0.271 e. The molecule has 0 aliphatic carbocycles. The average Bonchev–Trinajstić information content (AvgIpc) is 2.25. The monoisotopic (exact) mass is 192 g/mol. The Hall–Kier alpha value is -0.860. The Balaban J connectivity index is 2.58. The van der Waals surface area contributed by atoms with Crippen LogP contribution in [0, 0.1) is 0 Å². The summed E-state index contributed by atoms with van der Waals surface area (Å²) in [5, 5.41) is 0. The van der Waals surface area contributed by atoms with Crippen molar-refractivity contribution in [1.82, 2.24) is 5.43 Å². The molecule has 0 amide bonds. The van der Waals surface area contributed by atoms with Gasteiger partial charge in [-0.3, -0.25) is 11.3 Å². The third-order valence-corrected chi connectivity index (χ3v) is 2.54. The fraction of sp³-hybridized carbons (Fsp3) is 0.500. The molecular weight excluding hydrogens is 172 g/mol. The van der Waals surface area contributed by atoms with Gasteiger partial charge in [0.15, 0.2) is 0 Å². The van der Waals surface area contributed by atoms with Crippen LogP contribution in [-0.4, -0.2) is 6.54 Å². The largest absolute Gasteiger partial charge is 0.271 e. The smallest absolute Gasteiger partial charge is 0.0166 e. The highest BCUT2D eigenvalue weighted by molar-refractivity contribution is 5.19. The third kappa shape index (κ3) is 3.48. The molecule has 3 N–H and O–H groups in total. The summed E-state index contributed by atoms with van der Waals surface area (Å²) < 4.78 is 0. The van der Waals surface area contributed by atoms with Gasteiger partial charge < -0.3 is 0 Å². The van der Waals surface area contributed by atoms with Crippen LogP contribution < -0.4 is 11.3 Å². The summed E-state index contributed by atoms with van der Waals surface area (Å²) in [5.74, 6) is 5.95. The van der Waals surface area contributed by atoms with E-state index in [-0.39, 0.29) is 0 Å². The first kappa shape index (κ1) is 11.2. The first-order valence-corrected chi connectivity index (χ1v) is 5.37. The van der Waals surface area contributed by atoms with Gasteiger partial charge in [0.1, 0.15) is 0 Å². The Labute approximate surface area is 86.5 Å². The molecule has 14 heavy (non-hydrogen) atoms. The van der Waals surface area contributed by atoms with Gasteiger partial charge in [0.2, 0.25) is 0 Å². The predicted molar refractivity (Wildman–Crippen MR) is 60.9 cm³/mol. The van der Waals surface area contributed by atoms with Gasteiger partial charge in [-0.15, -0.1) is 0 Å². The van der Waals surface area contributed by atoms with Gasteiger partial charge in [0, 0.05) is 6.54 Å². The SMILES string of the molecule is CCCC[C@@H](CNN)c1ccccc1. The second-order valence-electron chi connectivity index (χ2n) is 3.66. The predicted octanol–water partition coefficient (Wildman–Crippen LogP) is 2.42. The standard InChI is InChI=1S/C12H20N2/c1-2-3-7-12(10-14-13)11-8-5-4-6-9-11/h4-6,8-9,12,14H,2-3,7,10,13H2,1H3/t12-/m0/s1. The number of nitrogens with two attached hydrogens (primary N) is 1. The van der Waals surface area contributed by atoms with E-state index in [2.05, 4.69) is 42.7 Å². The van der Waals surface area contributed by atoms with E-state index in [4.69, 9.17) is 5.84 Å². The van der Waals surface area contributed by atoms with Crippen molar-refractivity contribution in [3.8, 4) is 0 Å². The van der Waals surface area contributed by atoms with Crippen LogP contribution in [0.15, 0.2) is 30.3 Å². The molecule has 0 heterocycles. The van der Waals surface area contributed by atoms with E-state index in [1.807, 2.05) is 0 Å². The maximum absolute atomic E-state index is 5.39. The lowest BCUT2D eigenvalue weighted by atomic mass is 9.94. The quantitative estimate of drug-likeness (QED) is 0.536. The Morgan fingerprint density at radius 2 is 2.00 bits per heavy atom. The molecule has 0 aliphatic heterocycles. The molecule has 0 spiro atoms. The molecule has 0 saturated heterocycles. The number of nitrogens with one attached hydrogen (secondary N) is 1. The van der Waals surface area contributed by atoms with E-state index in [1.54, 1.807) is 0 Å². The van der Waals surface area contributed by atoms with Crippen LogP contribution in [0.3, 0.4) is 0 Å². The molecule has 1 rings (SSSR count). The number of benzene rings is 1. The van der Waals surface area contributed by atoms with Gasteiger partial charge in [0.05, 0.1) is 0 Å². The van der Waals surface area contributed by atoms with E-state index in [0.29, 0.717) is 5.92 Å². The Morgan fingerprint density at radius 3 is 2.57 bits per heavy atom. The number of hydrogen-bond acceptors (Lipinski definition) is 2. The zero-order valence-corrected chi connectivity index (χ0v) is 8.87. The van der Waals surface area contributed by atoms with Gasteiger partial charge in [-0.25, -0.2) is 0 Å². The van der Waals surface area contributed by atoms with Crippen molar-refractivity contribution in [3.05, 3.63) is 35.9 Å². The normalized spacial score (nSPS) is 12.7. The second kappa shape index (κ2) is 6.57. The van der Waals surface area contributed by atoms with Gasteiger partial charge in [-0.05, 0) is 17.9 Å². The molecule has 2 nitrogen and oxygen atoms in total. The van der Waals surface area contributed by atoms with E-state index < -0.39 is 0 Å². The average molecular weight is 192 g/mol. The minimum absolute atomic E-state index is 0.557. The summed E-state index contributed by atoms with van der Waals surface area (Å²) in [6.07, 6.45) is 3.72. The Morgan fingerprint density at radius 1 is 1.29 bits per heavy atom. The second-order valence-corrected chi connectivity index (χ2v) is 3.66. The van der Waals surface area contributed by atoms with E-state index in [1.165, 1.54) is 24.8 Å². The van der Waals surface area contributed by atoms with Crippen molar-refractivity contribution in [1.29, 1.82) is 0 Å². The van der Waals surface area contributed by atoms with Crippen molar-refractivity contribution >= 4 is 0 Å². The third-order valence-electron chi connectivity index (χ3n) is 2.54. The highest BCUT2D eigenvalue weighted by Crippen LogP contribution is 2.20. The number of unbranched alkanes of at least 4 members (excludes halogenated alkanes) is 1. The maximum Gasteiger partial charge on any atom is 0.0166 e. The molecular formula is C12H20N2. The van der Waals surface area contributed by atoms with Crippen LogP contribution in [0.25, 0.3) is 0 Å². The Bertz CT molecular complexity index is 233. The first-order valence-electron chi connectivity index (χ1n) is 5.37. The van der Waals surface area contributed by atoms with E-state index >= 15 is 0 Å². The van der Waals surface area contributed by atoms with Crippen molar-refractivity contribution < 1.29 is 0 Å². The van der Waals surface area contributed by atoms with Crippen molar-refractivity contribution in [2.45, 2.75) is 32.1 Å². The van der Waals surface area contributed by atoms with Crippen LogP contribution in [0.2, 0.25) is 0 Å². The molecule has 78 valence electrons. The van der Waals surface area contributed by atoms with E-state index in [9.17, 15) is 0 Å². The zero-order chi connectivity index (χ0) is 10.2. The van der Waals surface area contributed by atoms with Gasteiger partial charge >= 0.3 is 0 Å². The molecule has 0 saturated carbocycles. The topological polar surface area (TPSA) is 38.0 Å². The molecule has 2 heteroatoms. The van der Waals surface area contributed by atoms with Crippen LogP contribution in [0.5, 0.6) is 0 Å². The van der Waals surface area contributed by atoms with Crippen molar-refractivity contribution in [2.75, 3.05) is 6.54 Å². The molecule has 0 unspecified atom stereocenters. The Kier molecular flexibility index (Phi) is 5.27. The number of hydrazine groups is 1. The summed E-state index contributed by atoms with van der Waals surface area (Å²) in [4.78, 5) is 0. The van der Waals surface area contributed by atoms with Crippen molar-refractivity contribution in [3.63, 3.8) is 0 Å². The van der Waals surface area contributed by atoms with Crippen LogP contribution in [-0.2, 0) is 0 Å². The lowest BCUT2D eigenvalue weighted by Crippen LogP contribution is -2.27. The van der Waals surface area contributed by atoms with Crippen LogP contribution in [0.4, 0.5) is 0 Å². The lowest BCUT2D eigenvalue weighted by Gasteiger charge is -2.16. The zero-order valence-electron chi connectivity index (χ0n) is 8.87. The van der Waals surface area contributed by atoms with Gasteiger partial charge in [0.25, 0.3) is 0 Å². The summed E-state index contributed by atoms with van der Waals surface area (Å²) in [5.41, 5.74) is 4.16. The van der Waals surface area contributed by atoms with E-state index in [0.717, 1.165) is 6.54 Å². The highest BCUT2D eigenvalue weighted by atomic mass is 15.2. The molecule has 1 aromatic rings. The molecule has 0 radical (unpaired) electrons. The van der Waals surface area contributed by atoms with Crippen LogP contribution in [0.1, 0.15) is 37.7 Å². The highest BCUT2D eigenvalue weighted by Gasteiger charge is 2.08. The van der Waals surface area contributed by atoms with Crippen LogP contribution >= 0.6 is 0 Å². The van der Waals surface area contributed by atoms with Gasteiger partial charge in [-0.1, -0.05) is 50.1 Å². The lowest BCUT2D eigenvalue weighted by molar-refractivity contribution is 0.539. The summed E-state index contributed by atoms with van der Waals surface area (Å²) in [6, 6.07) is 10.6. The molecule has 0 bridgehead atoms. The molecule has 0 fully saturated rings. The molecule has 0 aliphatic rings. The summed E-state index contributed by atoms with van der Waals surface area (Å²) in [6.45, 7) is 3.09. The summed E-state index contributed by atoms with van der Waals surface area (Å²) >= 11 is 0. The molecule has 1 atom stereocenters. The first-order chi connectivity index (χ1) is 6.88. The molecule has 1 aromatic carbocycles. The summed E-state index contributed by atoms with van der Waals surface area (Å²) in [7, 11) is 0. The van der Waals surface area contributed by atoms with Crippen molar-refractivity contribution in [2.24, 2.45) is 5.84 Å². The maximum atomic E-state index is 5.39. The fourth-order valence-corrected chi connectivity index (χ4v) is 1.70. The molecule has 0 aromatic heterocycles.